The van der Waals surface area contributed by atoms with Crippen LogP contribution in [0.5, 0.6) is 0 Å². The molecule has 1 rings (SSSR count). The molecular weight excluding hydrogens is 180 g/mol. The molecule has 0 radical (unpaired) electrons. The van der Waals surface area contributed by atoms with Gasteiger partial charge in [-0.25, -0.2) is 0 Å². The molecule has 3 heteroatoms. The third kappa shape index (κ3) is 3.56. The van der Waals surface area contributed by atoms with Gasteiger partial charge in [0, 0.05) is 13.0 Å². The van der Waals surface area contributed by atoms with Gasteiger partial charge in [0.25, 0.3) is 0 Å². The quantitative estimate of drug-likeness (QED) is 0.700. The fourth-order valence-electron chi connectivity index (χ4n) is 1.61. The molecule has 0 N–H and O–H groups in total. The molecule has 1 fully saturated rings. The van der Waals surface area contributed by atoms with Crippen molar-refractivity contribution in [1.29, 1.82) is 0 Å². The van der Waals surface area contributed by atoms with Gasteiger partial charge in [-0.2, -0.15) is 0 Å². The van der Waals surface area contributed by atoms with E-state index in [4.69, 9.17) is 14.2 Å². The largest absolute Gasteiger partial charge is 0.379 e. The lowest BCUT2D eigenvalue weighted by atomic mass is 10.1. The summed E-state index contributed by atoms with van der Waals surface area (Å²) >= 11 is 0. The van der Waals surface area contributed by atoms with E-state index < -0.39 is 5.79 Å². The molecule has 0 aromatic rings. The summed E-state index contributed by atoms with van der Waals surface area (Å²) in [5.41, 5.74) is -0.182. The van der Waals surface area contributed by atoms with Gasteiger partial charge in [-0.15, -0.1) is 0 Å². The Kier molecular flexibility index (Phi) is 3.56. The Hall–Kier alpha value is -0.120. The predicted molar refractivity (Wildman–Crippen MR) is 55.2 cm³/mol. The zero-order valence-corrected chi connectivity index (χ0v) is 9.92. The van der Waals surface area contributed by atoms with Crippen LogP contribution in [-0.4, -0.2) is 30.7 Å². The summed E-state index contributed by atoms with van der Waals surface area (Å²) in [4.78, 5) is 0. The molecule has 0 aromatic carbocycles. The second kappa shape index (κ2) is 4.17. The molecule has 1 aliphatic rings. The Balaban J connectivity index is 2.30. The van der Waals surface area contributed by atoms with Gasteiger partial charge >= 0.3 is 0 Å². The Morgan fingerprint density at radius 1 is 1.29 bits per heavy atom. The Labute approximate surface area is 86.7 Å². The zero-order valence-electron chi connectivity index (χ0n) is 9.92. The minimum atomic E-state index is -0.438. The van der Waals surface area contributed by atoms with Gasteiger partial charge < -0.3 is 14.2 Å². The Morgan fingerprint density at radius 3 is 2.36 bits per heavy atom. The molecule has 1 saturated heterocycles. The first-order valence-corrected chi connectivity index (χ1v) is 5.29. The maximum atomic E-state index is 5.82. The minimum Gasteiger partial charge on any atom is -0.379 e. The van der Waals surface area contributed by atoms with Crippen LogP contribution in [0.15, 0.2) is 0 Å². The highest BCUT2D eigenvalue weighted by atomic mass is 16.8. The van der Waals surface area contributed by atoms with Crippen LogP contribution in [0.2, 0.25) is 0 Å². The summed E-state index contributed by atoms with van der Waals surface area (Å²) in [6, 6.07) is 0. The van der Waals surface area contributed by atoms with Crippen molar-refractivity contribution in [3.63, 3.8) is 0 Å². The summed E-state index contributed by atoms with van der Waals surface area (Å²) in [7, 11) is 0. The van der Waals surface area contributed by atoms with E-state index in [9.17, 15) is 0 Å². The molecule has 14 heavy (non-hydrogen) atoms. The van der Waals surface area contributed by atoms with Crippen LogP contribution in [0, 0.1) is 0 Å². The molecule has 0 aliphatic carbocycles. The monoisotopic (exact) mass is 202 g/mol. The molecule has 1 aliphatic heterocycles. The van der Waals surface area contributed by atoms with Crippen molar-refractivity contribution in [1.82, 2.24) is 0 Å². The minimum absolute atomic E-state index is 0.182. The molecule has 0 spiro atoms. The van der Waals surface area contributed by atoms with E-state index in [0.717, 1.165) is 13.0 Å². The molecule has 1 unspecified atom stereocenters. The van der Waals surface area contributed by atoms with Gasteiger partial charge in [0.2, 0.25) is 0 Å². The van der Waals surface area contributed by atoms with Crippen LogP contribution in [0.4, 0.5) is 0 Å². The average Bonchev–Trinajstić information content (AvgIpc) is 2.25. The Bertz CT molecular complexity index is 189. The maximum absolute atomic E-state index is 5.82. The second-order valence-corrected chi connectivity index (χ2v) is 4.91. The number of hydrogen-bond acceptors (Lipinski definition) is 3. The first-order chi connectivity index (χ1) is 6.33. The van der Waals surface area contributed by atoms with E-state index >= 15 is 0 Å². The van der Waals surface area contributed by atoms with Gasteiger partial charge in [0.15, 0.2) is 5.79 Å². The average molecular weight is 202 g/mol. The maximum Gasteiger partial charge on any atom is 0.163 e. The van der Waals surface area contributed by atoms with Crippen molar-refractivity contribution in [3.05, 3.63) is 0 Å². The molecule has 0 bridgehead atoms. The summed E-state index contributed by atoms with van der Waals surface area (Å²) < 4.78 is 16.9. The first-order valence-electron chi connectivity index (χ1n) is 5.29. The lowest BCUT2D eigenvalue weighted by Crippen LogP contribution is -2.32. The smallest absolute Gasteiger partial charge is 0.163 e. The Morgan fingerprint density at radius 2 is 1.93 bits per heavy atom. The molecule has 84 valence electrons. The van der Waals surface area contributed by atoms with Crippen LogP contribution in [-0.2, 0) is 14.2 Å². The summed E-state index contributed by atoms with van der Waals surface area (Å²) in [6.45, 7) is 11.4. The van der Waals surface area contributed by atoms with Gasteiger partial charge in [0.1, 0.15) is 0 Å². The van der Waals surface area contributed by atoms with Crippen LogP contribution in [0.1, 0.15) is 41.0 Å². The highest BCUT2D eigenvalue weighted by molar-refractivity contribution is 4.83. The van der Waals surface area contributed by atoms with E-state index in [1.54, 1.807) is 0 Å². The van der Waals surface area contributed by atoms with E-state index in [-0.39, 0.29) is 11.7 Å². The third-order valence-corrected chi connectivity index (χ3v) is 2.30. The summed E-state index contributed by atoms with van der Waals surface area (Å²) in [5.74, 6) is -0.438. The lowest BCUT2D eigenvalue weighted by molar-refractivity contribution is -0.161. The molecule has 3 nitrogen and oxygen atoms in total. The van der Waals surface area contributed by atoms with E-state index in [0.29, 0.717) is 6.61 Å². The van der Waals surface area contributed by atoms with Crippen molar-refractivity contribution < 1.29 is 14.2 Å². The zero-order chi connectivity index (χ0) is 10.8. The number of ether oxygens (including phenoxy) is 3. The fourth-order valence-corrected chi connectivity index (χ4v) is 1.61. The lowest BCUT2D eigenvalue weighted by Gasteiger charge is -2.25. The van der Waals surface area contributed by atoms with E-state index in [1.807, 2.05) is 27.7 Å². The van der Waals surface area contributed by atoms with E-state index in [1.165, 1.54) is 0 Å². The summed E-state index contributed by atoms with van der Waals surface area (Å²) in [6.07, 6.45) is 1.17. The normalized spacial score (nSPS) is 31.3. The highest BCUT2D eigenvalue weighted by Crippen LogP contribution is 2.32. The highest BCUT2D eigenvalue weighted by Gasteiger charge is 2.41. The second-order valence-electron chi connectivity index (χ2n) is 4.91. The van der Waals surface area contributed by atoms with Crippen molar-refractivity contribution >= 4 is 0 Å². The topological polar surface area (TPSA) is 27.7 Å². The summed E-state index contributed by atoms with van der Waals surface area (Å²) in [5, 5.41) is 0. The van der Waals surface area contributed by atoms with Crippen molar-refractivity contribution in [3.8, 4) is 0 Å². The van der Waals surface area contributed by atoms with Crippen molar-refractivity contribution in [2.24, 2.45) is 0 Å². The van der Waals surface area contributed by atoms with Crippen LogP contribution < -0.4 is 0 Å². The van der Waals surface area contributed by atoms with Crippen molar-refractivity contribution in [2.75, 3.05) is 13.2 Å². The standard InChI is InChI=1S/C11H22O3/c1-9(2)12-7-6-11(5)8-13-10(3,4)14-11/h9H,6-8H2,1-5H3. The molecule has 0 saturated carbocycles. The molecule has 1 heterocycles. The van der Waals surface area contributed by atoms with Gasteiger partial charge in [-0.05, 0) is 34.6 Å². The van der Waals surface area contributed by atoms with Gasteiger partial charge in [-0.1, -0.05) is 0 Å². The molecule has 0 aromatic heterocycles. The molecular formula is C11H22O3. The third-order valence-electron chi connectivity index (χ3n) is 2.30. The van der Waals surface area contributed by atoms with Crippen LogP contribution >= 0.6 is 0 Å². The SMILES string of the molecule is CC(C)OCCC1(C)COC(C)(C)O1. The van der Waals surface area contributed by atoms with Gasteiger partial charge in [0.05, 0.1) is 18.3 Å². The first kappa shape index (κ1) is 12.0. The molecule has 0 amide bonds. The van der Waals surface area contributed by atoms with E-state index in [2.05, 4.69) is 6.92 Å². The predicted octanol–water partition coefficient (Wildman–Crippen LogP) is 2.34. The number of hydrogen-bond donors (Lipinski definition) is 0. The van der Waals surface area contributed by atoms with Crippen LogP contribution in [0.3, 0.4) is 0 Å². The molecule has 1 atom stereocenters. The fraction of sp³-hybridized carbons (Fsp3) is 1.00. The van der Waals surface area contributed by atoms with Crippen molar-refractivity contribution in [2.45, 2.75) is 58.5 Å². The van der Waals surface area contributed by atoms with Gasteiger partial charge in [-0.3, -0.25) is 0 Å². The van der Waals surface area contributed by atoms with Crippen LogP contribution in [0.25, 0.3) is 0 Å². The number of rotatable bonds is 4.